The van der Waals surface area contributed by atoms with Crippen LogP contribution in [0.3, 0.4) is 0 Å². The van der Waals surface area contributed by atoms with Gasteiger partial charge < -0.3 is 5.11 Å². The monoisotopic (exact) mass is 498 g/mol. The second-order valence-corrected chi connectivity index (χ2v) is 9.08. The number of hydrogen-bond acceptors (Lipinski definition) is 7. The minimum atomic E-state index is -0.833. The summed E-state index contributed by atoms with van der Waals surface area (Å²) in [5.74, 6) is -0.592. The van der Waals surface area contributed by atoms with Gasteiger partial charge in [0.15, 0.2) is 5.82 Å². The molecule has 9 nitrogen and oxygen atoms in total. The van der Waals surface area contributed by atoms with Crippen molar-refractivity contribution < 1.29 is 14.7 Å². The average molecular weight is 499 g/mol. The van der Waals surface area contributed by atoms with Gasteiger partial charge in [0, 0.05) is 37.7 Å². The van der Waals surface area contributed by atoms with Crippen molar-refractivity contribution in [2.45, 2.75) is 53.2 Å². The van der Waals surface area contributed by atoms with E-state index < -0.39 is 5.97 Å². The molecule has 0 saturated heterocycles. The van der Waals surface area contributed by atoms with Crippen molar-refractivity contribution in [3.63, 3.8) is 0 Å². The first-order valence-electron chi connectivity index (χ1n) is 11.3. The van der Waals surface area contributed by atoms with E-state index in [0.29, 0.717) is 30.0 Å². The molecule has 186 valence electrons. The number of anilines is 1. The molecule has 0 aliphatic carbocycles. The molecule has 1 aliphatic heterocycles. The third kappa shape index (κ3) is 8.35. The number of halogens is 1. The zero-order valence-corrected chi connectivity index (χ0v) is 21.3. The fourth-order valence-corrected chi connectivity index (χ4v) is 3.71. The summed E-state index contributed by atoms with van der Waals surface area (Å²) in [6, 6.07) is 10.3. The average Bonchev–Trinajstić information content (AvgIpc) is 3.11. The Morgan fingerprint density at radius 1 is 1.23 bits per heavy atom. The number of amides is 1. The highest BCUT2D eigenvalue weighted by atomic mass is 35.5. The quantitative estimate of drug-likeness (QED) is 0.433. The lowest BCUT2D eigenvalue weighted by molar-refractivity contribution is -0.134. The van der Waals surface area contributed by atoms with Gasteiger partial charge in [-0.15, -0.1) is 0 Å². The molecule has 35 heavy (non-hydrogen) atoms. The molecule has 2 aromatic rings. The van der Waals surface area contributed by atoms with Crippen LogP contribution in [0.25, 0.3) is 0 Å². The maximum absolute atomic E-state index is 12.9. The molecule has 2 N–H and O–H groups in total. The van der Waals surface area contributed by atoms with Crippen LogP contribution in [0.4, 0.5) is 5.82 Å². The second-order valence-electron chi connectivity index (χ2n) is 8.68. The number of nitriles is 1. The summed E-state index contributed by atoms with van der Waals surface area (Å²) in [7, 11) is 0. The lowest BCUT2D eigenvalue weighted by Gasteiger charge is -2.27. The fraction of sp³-hybridized carbons (Fsp3) is 0.400. The summed E-state index contributed by atoms with van der Waals surface area (Å²) < 4.78 is 0. The van der Waals surface area contributed by atoms with Crippen molar-refractivity contribution in [1.29, 1.82) is 5.26 Å². The predicted octanol–water partition coefficient (Wildman–Crippen LogP) is 4.05. The van der Waals surface area contributed by atoms with Crippen LogP contribution in [-0.2, 0) is 11.3 Å². The molecule has 1 aromatic heterocycles. The summed E-state index contributed by atoms with van der Waals surface area (Å²) in [6.45, 7) is 10.8. The van der Waals surface area contributed by atoms with Crippen LogP contribution in [0.5, 0.6) is 0 Å². The molecule has 0 bridgehead atoms. The molecular formula is C25H31ClN6O3. The Labute approximate surface area is 211 Å². The van der Waals surface area contributed by atoms with Crippen molar-refractivity contribution >= 4 is 29.3 Å². The van der Waals surface area contributed by atoms with Crippen LogP contribution < -0.4 is 10.4 Å². The molecule has 0 fully saturated rings. The van der Waals surface area contributed by atoms with Crippen LogP contribution in [0.1, 0.15) is 56.4 Å². The molecule has 0 spiro atoms. The number of nitrogens with one attached hydrogen (secondary N) is 1. The number of hydrogen-bond donors (Lipinski definition) is 2. The van der Waals surface area contributed by atoms with Gasteiger partial charge in [0.25, 0.3) is 11.9 Å². The van der Waals surface area contributed by atoms with E-state index in [1.54, 1.807) is 5.01 Å². The lowest BCUT2D eigenvalue weighted by atomic mass is 10.1. The highest BCUT2D eigenvalue weighted by Crippen LogP contribution is 2.23. The molecule has 2 heterocycles. The smallest absolute Gasteiger partial charge is 0.300 e. The van der Waals surface area contributed by atoms with E-state index in [-0.39, 0.29) is 22.7 Å². The van der Waals surface area contributed by atoms with Crippen molar-refractivity contribution in [2.24, 2.45) is 5.92 Å². The number of hydrazine groups is 1. The number of aromatic nitrogens is 2. The first-order valence-corrected chi connectivity index (χ1v) is 11.6. The minimum absolute atomic E-state index is 0.00776. The number of carbonyl (C=O) groups excluding carboxylic acids is 1. The van der Waals surface area contributed by atoms with Gasteiger partial charge in [-0.2, -0.15) is 10.2 Å². The lowest BCUT2D eigenvalue weighted by Crippen LogP contribution is -2.45. The third-order valence-electron chi connectivity index (χ3n) is 5.16. The number of nitrogens with zero attached hydrogens (tertiary/aromatic N) is 5. The van der Waals surface area contributed by atoms with E-state index >= 15 is 0 Å². The van der Waals surface area contributed by atoms with Crippen LogP contribution in [0, 0.1) is 17.2 Å². The molecule has 1 aliphatic rings. The van der Waals surface area contributed by atoms with Crippen LogP contribution in [0.2, 0.25) is 5.02 Å². The third-order valence-corrected chi connectivity index (χ3v) is 5.43. The van der Waals surface area contributed by atoms with E-state index in [0.717, 1.165) is 19.0 Å². The van der Waals surface area contributed by atoms with E-state index in [2.05, 4.69) is 46.3 Å². The summed E-state index contributed by atoms with van der Waals surface area (Å²) >= 11 is 6.25. The topological polar surface area (TPSA) is 122 Å². The number of carboxylic acid groups (broad SMARTS) is 1. The van der Waals surface area contributed by atoms with Crippen molar-refractivity contribution in [3.05, 3.63) is 64.6 Å². The van der Waals surface area contributed by atoms with Crippen molar-refractivity contribution in [2.75, 3.05) is 11.6 Å². The van der Waals surface area contributed by atoms with E-state index in [1.807, 2.05) is 44.2 Å². The van der Waals surface area contributed by atoms with Crippen molar-refractivity contribution in [3.8, 4) is 6.07 Å². The Kier molecular flexibility index (Phi) is 10.2. The number of carbonyl (C=O) groups is 2. The molecule has 3 rings (SSSR count). The van der Waals surface area contributed by atoms with E-state index in [4.69, 9.17) is 26.8 Å². The van der Waals surface area contributed by atoms with E-state index in [1.165, 1.54) is 6.20 Å². The zero-order valence-electron chi connectivity index (χ0n) is 20.6. The second kappa shape index (κ2) is 12.8. The van der Waals surface area contributed by atoms with Gasteiger partial charge in [-0.1, -0.05) is 49.7 Å². The van der Waals surface area contributed by atoms with Gasteiger partial charge in [-0.25, -0.2) is 4.98 Å². The van der Waals surface area contributed by atoms with Crippen LogP contribution in [0.15, 0.2) is 42.6 Å². The van der Waals surface area contributed by atoms with Crippen molar-refractivity contribution in [1.82, 2.24) is 20.3 Å². The first-order chi connectivity index (χ1) is 16.5. The minimum Gasteiger partial charge on any atom is -0.481 e. The van der Waals surface area contributed by atoms with Gasteiger partial charge in [0.2, 0.25) is 5.82 Å². The zero-order chi connectivity index (χ0) is 26.1. The molecule has 10 heteroatoms. The first kappa shape index (κ1) is 27.8. The number of rotatable bonds is 7. The number of carboxylic acids is 1. The van der Waals surface area contributed by atoms with Crippen LogP contribution >= 0.6 is 11.6 Å². The normalized spacial score (nSPS) is 16.9. The Bertz CT molecular complexity index is 1080. The summed E-state index contributed by atoms with van der Waals surface area (Å²) in [5.41, 5.74) is 4.55. The maximum atomic E-state index is 12.9. The molecule has 0 saturated carbocycles. The van der Waals surface area contributed by atoms with Gasteiger partial charge in [-0.3, -0.25) is 24.9 Å². The molecule has 1 aromatic carbocycles. The van der Waals surface area contributed by atoms with E-state index in [9.17, 15) is 4.79 Å². The number of benzene rings is 1. The predicted molar refractivity (Wildman–Crippen MR) is 135 cm³/mol. The van der Waals surface area contributed by atoms with Crippen LogP contribution in [-0.4, -0.2) is 50.5 Å². The maximum Gasteiger partial charge on any atom is 0.300 e. The summed E-state index contributed by atoms with van der Waals surface area (Å²) in [4.78, 5) is 32.3. The Morgan fingerprint density at radius 3 is 2.31 bits per heavy atom. The Balaban J connectivity index is 0.00000100. The fourth-order valence-electron chi connectivity index (χ4n) is 3.51. The Hall–Kier alpha value is -3.48. The van der Waals surface area contributed by atoms with Gasteiger partial charge >= 0.3 is 0 Å². The number of aliphatic carboxylic acids is 1. The van der Waals surface area contributed by atoms with Gasteiger partial charge in [0.1, 0.15) is 11.1 Å². The molecular weight excluding hydrogens is 468 g/mol. The SMILES string of the molecule is CC(=O)O.CC(C)CN(NC(=O)c1ccc(CN2C(C)C=CC2C)cc1)c1nc(C#N)ncc1Cl. The molecule has 0 radical (unpaired) electrons. The standard InChI is InChI=1S/C23H27ClN6O.C2H4O2/c1-15(2)13-30(22-20(24)12-26-21(11-25)27-22)28-23(31)19-9-7-18(8-10-19)14-29-16(3)5-6-17(29)4;1-2(3)4/h5-10,12,15-17H,13-14H2,1-4H3,(H,28,31);1H3,(H,3,4). The molecule has 2 unspecified atom stereocenters. The van der Waals surface area contributed by atoms with Gasteiger partial charge in [0.05, 0.1) is 6.20 Å². The largest absolute Gasteiger partial charge is 0.481 e. The highest BCUT2D eigenvalue weighted by Gasteiger charge is 2.22. The summed E-state index contributed by atoms with van der Waals surface area (Å²) in [6.07, 6.45) is 5.80. The highest BCUT2D eigenvalue weighted by molar-refractivity contribution is 6.32. The Morgan fingerprint density at radius 2 is 1.80 bits per heavy atom. The molecule has 1 amide bonds. The summed E-state index contributed by atoms with van der Waals surface area (Å²) in [5, 5.41) is 18.4. The van der Waals surface area contributed by atoms with Gasteiger partial charge in [-0.05, 0) is 37.5 Å². The molecule has 2 atom stereocenters.